The first-order chi connectivity index (χ1) is 10.9. The van der Waals surface area contributed by atoms with E-state index in [4.69, 9.17) is 11.6 Å². The Kier molecular flexibility index (Phi) is 12.2. The summed E-state index contributed by atoms with van der Waals surface area (Å²) in [4.78, 5) is 4.40. The normalized spacial score (nSPS) is 11.8. The van der Waals surface area contributed by atoms with Crippen LogP contribution in [0.25, 0.3) is 0 Å². The summed E-state index contributed by atoms with van der Waals surface area (Å²) >= 11 is 5.91. The van der Waals surface area contributed by atoms with Gasteiger partial charge in [-0.05, 0) is 31.0 Å². The Morgan fingerprint density at radius 3 is 2.67 bits per heavy atom. The molecule has 0 saturated heterocycles. The Morgan fingerprint density at radius 1 is 1.29 bits per heavy atom. The number of hydrogen-bond donors (Lipinski definition) is 2. The van der Waals surface area contributed by atoms with E-state index >= 15 is 0 Å². The average molecular weight is 480 g/mol. The maximum atomic E-state index is 11.9. The second kappa shape index (κ2) is 12.6. The van der Waals surface area contributed by atoms with E-state index in [9.17, 15) is 13.2 Å². The Labute approximate surface area is 162 Å². The Bertz CT molecular complexity index is 501. The maximum Gasteiger partial charge on any atom is 0.411 e. The highest BCUT2D eigenvalue weighted by Gasteiger charge is 2.27. The van der Waals surface area contributed by atoms with Crippen LogP contribution in [0.15, 0.2) is 29.3 Å². The molecular weight excluding hydrogens is 458 g/mol. The highest BCUT2D eigenvalue weighted by molar-refractivity contribution is 14.0. The number of ether oxygens (including phenoxy) is 1. The van der Waals surface area contributed by atoms with Crippen LogP contribution < -0.4 is 10.6 Å². The van der Waals surface area contributed by atoms with E-state index < -0.39 is 12.8 Å². The zero-order chi connectivity index (χ0) is 17.1. The summed E-state index contributed by atoms with van der Waals surface area (Å²) < 4.78 is 40.3. The molecule has 0 aliphatic heterocycles. The Balaban J connectivity index is 0.00000529. The van der Waals surface area contributed by atoms with E-state index in [-0.39, 0.29) is 30.6 Å². The minimum absolute atomic E-state index is 0. The van der Waals surface area contributed by atoms with Crippen molar-refractivity contribution in [3.63, 3.8) is 0 Å². The van der Waals surface area contributed by atoms with Crippen LogP contribution in [0.3, 0.4) is 0 Å². The van der Waals surface area contributed by atoms with Crippen LogP contribution in [-0.2, 0) is 11.3 Å². The lowest BCUT2D eigenvalue weighted by molar-refractivity contribution is -0.173. The van der Waals surface area contributed by atoms with Crippen molar-refractivity contribution in [2.75, 3.05) is 26.3 Å². The molecule has 0 bridgehead atoms. The van der Waals surface area contributed by atoms with Gasteiger partial charge in [-0.1, -0.05) is 23.7 Å². The highest BCUT2D eigenvalue weighted by atomic mass is 127. The largest absolute Gasteiger partial charge is 0.411 e. The standard InChI is InChI=1S/C15H21ClF3N3O.HI/c1-2-20-14(21-7-4-8-23-11-15(17,18)19)22-10-12-5-3-6-13(16)9-12;/h3,5-6,9H,2,4,7-8,10-11H2,1H3,(H2,20,21,22);1H. The minimum Gasteiger partial charge on any atom is -0.372 e. The molecule has 1 aromatic rings. The third kappa shape index (κ3) is 11.7. The zero-order valence-corrected chi connectivity index (χ0v) is 16.4. The van der Waals surface area contributed by atoms with Crippen molar-refractivity contribution in [1.82, 2.24) is 10.6 Å². The quantitative estimate of drug-likeness (QED) is 0.257. The van der Waals surface area contributed by atoms with Gasteiger partial charge in [0.1, 0.15) is 6.61 Å². The summed E-state index contributed by atoms with van der Waals surface area (Å²) in [6.07, 6.45) is -3.82. The van der Waals surface area contributed by atoms with E-state index in [0.29, 0.717) is 37.0 Å². The molecule has 0 amide bonds. The first-order valence-electron chi connectivity index (χ1n) is 7.32. The SMILES string of the molecule is CCNC(=NCc1cccc(Cl)c1)NCCCOCC(F)(F)F.I. The van der Waals surface area contributed by atoms with Crippen LogP contribution in [0.1, 0.15) is 18.9 Å². The zero-order valence-electron chi connectivity index (χ0n) is 13.3. The van der Waals surface area contributed by atoms with Crippen molar-refractivity contribution in [1.29, 1.82) is 0 Å². The molecule has 0 spiro atoms. The highest BCUT2D eigenvalue weighted by Crippen LogP contribution is 2.14. The smallest absolute Gasteiger partial charge is 0.372 e. The molecule has 0 atom stereocenters. The summed E-state index contributed by atoms with van der Waals surface area (Å²) in [7, 11) is 0. The van der Waals surface area contributed by atoms with E-state index in [0.717, 1.165) is 5.56 Å². The Morgan fingerprint density at radius 2 is 2.04 bits per heavy atom. The van der Waals surface area contributed by atoms with Gasteiger partial charge in [0.15, 0.2) is 5.96 Å². The summed E-state index contributed by atoms with van der Waals surface area (Å²) in [5, 5.41) is 6.77. The van der Waals surface area contributed by atoms with Gasteiger partial charge in [0, 0.05) is 24.7 Å². The molecule has 0 heterocycles. The fraction of sp³-hybridized carbons (Fsp3) is 0.533. The van der Waals surface area contributed by atoms with Crippen molar-refractivity contribution in [3.05, 3.63) is 34.9 Å². The number of hydrogen-bond acceptors (Lipinski definition) is 2. The van der Waals surface area contributed by atoms with Crippen molar-refractivity contribution >= 4 is 41.5 Å². The van der Waals surface area contributed by atoms with Crippen molar-refractivity contribution < 1.29 is 17.9 Å². The van der Waals surface area contributed by atoms with Crippen LogP contribution in [0.5, 0.6) is 0 Å². The summed E-state index contributed by atoms with van der Waals surface area (Å²) in [5.74, 6) is 0.600. The second-order valence-corrected chi connectivity index (χ2v) is 5.21. The number of aliphatic imine (C=N–C) groups is 1. The van der Waals surface area contributed by atoms with Gasteiger partial charge in [0.05, 0.1) is 6.54 Å². The fourth-order valence-corrected chi connectivity index (χ4v) is 1.93. The van der Waals surface area contributed by atoms with Crippen molar-refractivity contribution in [3.8, 4) is 0 Å². The van der Waals surface area contributed by atoms with Gasteiger partial charge in [-0.2, -0.15) is 13.2 Å². The van der Waals surface area contributed by atoms with E-state index in [1.54, 1.807) is 6.07 Å². The topological polar surface area (TPSA) is 45.7 Å². The average Bonchev–Trinajstić information content (AvgIpc) is 2.47. The molecule has 24 heavy (non-hydrogen) atoms. The van der Waals surface area contributed by atoms with Crippen molar-refractivity contribution in [2.24, 2.45) is 4.99 Å². The first kappa shape index (κ1) is 23.3. The molecule has 0 aliphatic carbocycles. The molecule has 0 aliphatic rings. The predicted molar refractivity (Wildman–Crippen MR) is 101 cm³/mol. The molecular formula is C15H22ClF3IN3O. The third-order valence-electron chi connectivity index (χ3n) is 2.68. The molecule has 2 N–H and O–H groups in total. The number of alkyl halides is 3. The molecule has 0 radical (unpaired) electrons. The van der Waals surface area contributed by atoms with Gasteiger partial charge in [0.25, 0.3) is 0 Å². The number of nitrogens with zero attached hydrogens (tertiary/aromatic N) is 1. The second-order valence-electron chi connectivity index (χ2n) is 4.77. The molecule has 0 saturated carbocycles. The van der Waals surface area contributed by atoms with Crippen LogP contribution in [0.2, 0.25) is 5.02 Å². The lowest BCUT2D eigenvalue weighted by atomic mass is 10.2. The van der Waals surface area contributed by atoms with E-state index in [1.165, 1.54) is 0 Å². The summed E-state index contributed by atoms with van der Waals surface area (Å²) in [5.41, 5.74) is 0.975. The molecule has 9 heteroatoms. The van der Waals surface area contributed by atoms with Crippen LogP contribution in [0, 0.1) is 0 Å². The third-order valence-corrected chi connectivity index (χ3v) is 2.91. The molecule has 0 aromatic heterocycles. The van der Waals surface area contributed by atoms with Gasteiger partial charge in [-0.15, -0.1) is 24.0 Å². The minimum atomic E-state index is -4.28. The molecule has 1 aromatic carbocycles. The van der Waals surface area contributed by atoms with Crippen molar-refractivity contribution in [2.45, 2.75) is 26.1 Å². The summed E-state index contributed by atoms with van der Waals surface area (Å²) in [6, 6.07) is 7.40. The number of benzene rings is 1. The number of halogens is 5. The molecule has 1 rings (SSSR count). The lowest BCUT2D eigenvalue weighted by Gasteiger charge is -2.12. The monoisotopic (exact) mass is 479 g/mol. The fourth-order valence-electron chi connectivity index (χ4n) is 1.72. The Hall–Kier alpha value is -0.740. The van der Waals surface area contributed by atoms with Crippen LogP contribution >= 0.6 is 35.6 Å². The van der Waals surface area contributed by atoms with Gasteiger partial charge in [0.2, 0.25) is 0 Å². The molecule has 4 nitrogen and oxygen atoms in total. The number of rotatable bonds is 8. The lowest BCUT2D eigenvalue weighted by Crippen LogP contribution is -2.38. The molecule has 0 unspecified atom stereocenters. The predicted octanol–water partition coefficient (Wildman–Crippen LogP) is 3.98. The number of guanidine groups is 1. The first-order valence-corrected chi connectivity index (χ1v) is 7.69. The van der Waals surface area contributed by atoms with Crippen LogP contribution in [0.4, 0.5) is 13.2 Å². The molecule has 138 valence electrons. The number of nitrogens with one attached hydrogen (secondary N) is 2. The van der Waals surface area contributed by atoms with Gasteiger partial charge >= 0.3 is 6.18 Å². The molecule has 0 fully saturated rings. The van der Waals surface area contributed by atoms with Gasteiger partial charge < -0.3 is 15.4 Å². The van der Waals surface area contributed by atoms with Gasteiger partial charge in [-0.25, -0.2) is 4.99 Å². The van der Waals surface area contributed by atoms with E-state index in [1.807, 2.05) is 25.1 Å². The van der Waals surface area contributed by atoms with Crippen LogP contribution in [-0.4, -0.2) is 38.4 Å². The van der Waals surface area contributed by atoms with E-state index in [2.05, 4.69) is 20.4 Å². The summed E-state index contributed by atoms with van der Waals surface area (Å²) in [6.45, 7) is 2.38. The maximum absolute atomic E-state index is 11.9. The van der Waals surface area contributed by atoms with Gasteiger partial charge in [-0.3, -0.25) is 0 Å².